The third-order valence-corrected chi connectivity index (χ3v) is 3.57. The van der Waals surface area contributed by atoms with E-state index in [2.05, 4.69) is 19.9 Å². The number of hydrogen-bond acceptors (Lipinski definition) is 3. The van der Waals surface area contributed by atoms with Crippen molar-refractivity contribution in [2.24, 2.45) is 5.92 Å². The molecule has 0 amide bonds. The molecule has 1 saturated carbocycles. The Kier molecular flexibility index (Phi) is 3.05. The maximum atomic E-state index is 4.22. The van der Waals surface area contributed by atoms with Gasteiger partial charge in [0.15, 0.2) is 5.65 Å². The first-order valence-corrected chi connectivity index (χ1v) is 6.43. The first-order chi connectivity index (χ1) is 8.43. The largest absolute Gasteiger partial charge is 0.316 e. The van der Waals surface area contributed by atoms with Gasteiger partial charge in [0.05, 0.1) is 0 Å². The van der Waals surface area contributed by atoms with Gasteiger partial charge in [0.25, 0.3) is 0 Å². The average Bonchev–Trinajstić information content (AvgIpc) is 2.70. The molecule has 0 aliphatic heterocycles. The van der Waals surface area contributed by atoms with Crippen LogP contribution in [-0.4, -0.2) is 27.7 Å². The summed E-state index contributed by atoms with van der Waals surface area (Å²) in [6, 6.07) is 5.99. The van der Waals surface area contributed by atoms with E-state index in [0.717, 1.165) is 36.9 Å². The van der Waals surface area contributed by atoms with Crippen molar-refractivity contribution in [3.05, 3.63) is 30.2 Å². The lowest BCUT2D eigenvalue weighted by Crippen LogP contribution is -2.29. The van der Waals surface area contributed by atoms with Crippen molar-refractivity contribution in [3.63, 3.8) is 0 Å². The van der Waals surface area contributed by atoms with E-state index in [0.29, 0.717) is 0 Å². The lowest BCUT2D eigenvalue weighted by molar-refractivity contribution is 0.302. The third-order valence-electron chi connectivity index (χ3n) is 3.57. The molecule has 1 aliphatic carbocycles. The van der Waals surface area contributed by atoms with Crippen LogP contribution in [0.2, 0.25) is 0 Å². The van der Waals surface area contributed by atoms with E-state index in [9.17, 15) is 0 Å². The van der Waals surface area contributed by atoms with Crippen LogP contribution in [0.1, 0.15) is 25.1 Å². The first kappa shape index (κ1) is 10.7. The molecule has 0 saturated heterocycles. The van der Waals surface area contributed by atoms with Gasteiger partial charge in [-0.15, -0.1) is 10.2 Å². The number of fused-ring (bicyclic) bond motifs is 1. The van der Waals surface area contributed by atoms with Gasteiger partial charge in [0, 0.05) is 19.2 Å². The molecule has 1 fully saturated rings. The quantitative estimate of drug-likeness (QED) is 0.794. The molecule has 1 N–H and O–H groups in total. The van der Waals surface area contributed by atoms with Crippen LogP contribution in [0.25, 0.3) is 5.65 Å². The predicted molar refractivity (Wildman–Crippen MR) is 66.9 cm³/mol. The smallest absolute Gasteiger partial charge is 0.160 e. The molecule has 0 aromatic carbocycles. The highest BCUT2D eigenvalue weighted by molar-refractivity contribution is 5.36. The highest BCUT2D eigenvalue weighted by Crippen LogP contribution is 2.24. The summed E-state index contributed by atoms with van der Waals surface area (Å²) >= 11 is 0. The summed E-state index contributed by atoms with van der Waals surface area (Å²) < 4.78 is 2.06. The van der Waals surface area contributed by atoms with Crippen molar-refractivity contribution >= 4 is 5.65 Å². The Morgan fingerprint density at radius 2 is 2.24 bits per heavy atom. The number of pyridine rings is 1. The second-order valence-corrected chi connectivity index (χ2v) is 4.80. The van der Waals surface area contributed by atoms with Crippen molar-refractivity contribution in [1.82, 2.24) is 19.9 Å². The summed E-state index contributed by atoms with van der Waals surface area (Å²) in [5.74, 6) is 1.96. The molecule has 0 radical (unpaired) electrons. The van der Waals surface area contributed by atoms with E-state index in [1.807, 2.05) is 24.4 Å². The minimum absolute atomic E-state index is 0.921. The zero-order valence-electron chi connectivity index (χ0n) is 9.97. The summed E-state index contributed by atoms with van der Waals surface area (Å²) in [6.45, 7) is 2.16. The number of nitrogens with zero attached hydrogens (tertiary/aromatic N) is 3. The molecule has 2 aromatic heterocycles. The normalized spacial score (nSPS) is 16.2. The van der Waals surface area contributed by atoms with E-state index in [4.69, 9.17) is 0 Å². The molecular formula is C13H18N4. The van der Waals surface area contributed by atoms with Gasteiger partial charge in [0.1, 0.15) is 5.82 Å². The van der Waals surface area contributed by atoms with E-state index in [-0.39, 0.29) is 0 Å². The molecule has 0 atom stereocenters. The van der Waals surface area contributed by atoms with Gasteiger partial charge in [-0.2, -0.15) is 0 Å². The van der Waals surface area contributed by atoms with Crippen LogP contribution in [0.5, 0.6) is 0 Å². The van der Waals surface area contributed by atoms with Crippen LogP contribution in [0.3, 0.4) is 0 Å². The number of aromatic nitrogens is 3. The maximum absolute atomic E-state index is 4.22. The molecule has 0 bridgehead atoms. The van der Waals surface area contributed by atoms with Crippen LogP contribution in [-0.2, 0) is 6.42 Å². The van der Waals surface area contributed by atoms with Crippen molar-refractivity contribution < 1.29 is 0 Å². The van der Waals surface area contributed by atoms with Crippen molar-refractivity contribution in [1.29, 1.82) is 0 Å². The summed E-state index contributed by atoms with van der Waals surface area (Å²) in [5, 5.41) is 11.9. The van der Waals surface area contributed by atoms with Crippen LogP contribution in [0, 0.1) is 5.92 Å². The Balaban J connectivity index is 1.53. The van der Waals surface area contributed by atoms with Crippen molar-refractivity contribution in [2.75, 3.05) is 13.1 Å². The second-order valence-electron chi connectivity index (χ2n) is 4.80. The van der Waals surface area contributed by atoms with Gasteiger partial charge in [0.2, 0.25) is 0 Å². The Morgan fingerprint density at radius 1 is 1.29 bits per heavy atom. The van der Waals surface area contributed by atoms with Gasteiger partial charge in [-0.25, -0.2) is 0 Å². The van der Waals surface area contributed by atoms with E-state index < -0.39 is 0 Å². The Hall–Kier alpha value is -1.42. The predicted octanol–water partition coefficient (Wildman–Crippen LogP) is 1.66. The average molecular weight is 230 g/mol. The minimum atomic E-state index is 0.921. The summed E-state index contributed by atoms with van der Waals surface area (Å²) in [4.78, 5) is 0. The Morgan fingerprint density at radius 3 is 3.06 bits per heavy atom. The zero-order chi connectivity index (χ0) is 11.5. The van der Waals surface area contributed by atoms with Gasteiger partial charge in [-0.1, -0.05) is 12.5 Å². The monoisotopic (exact) mass is 230 g/mol. The van der Waals surface area contributed by atoms with Gasteiger partial charge in [-0.3, -0.25) is 4.40 Å². The van der Waals surface area contributed by atoms with E-state index in [1.54, 1.807) is 0 Å². The topological polar surface area (TPSA) is 42.2 Å². The molecule has 4 heteroatoms. The second kappa shape index (κ2) is 4.84. The van der Waals surface area contributed by atoms with E-state index >= 15 is 0 Å². The first-order valence-electron chi connectivity index (χ1n) is 6.43. The lowest BCUT2D eigenvalue weighted by Gasteiger charge is -2.25. The fourth-order valence-corrected chi connectivity index (χ4v) is 2.26. The van der Waals surface area contributed by atoms with Crippen LogP contribution >= 0.6 is 0 Å². The summed E-state index contributed by atoms with van der Waals surface area (Å²) in [7, 11) is 0. The van der Waals surface area contributed by atoms with Crippen LogP contribution in [0.4, 0.5) is 0 Å². The molecule has 17 heavy (non-hydrogen) atoms. The number of hydrogen-bond donors (Lipinski definition) is 1. The van der Waals surface area contributed by atoms with Crippen molar-refractivity contribution in [2.45, 2.75) is 25.7 Å². The third kappa shape index (κ3) is 2.31. The fourth-order valence-electron chi connectivity index (χ4n) is 2.26. The molecule has 0 spiro atoms. The molecule has 2 aromatic rings. The molecule has 0 unspecified atom stereocenters. The number of nitrogens with one attached hydrogen (secondary N) is 1. The molecule has 4 nitrogen and oxygen atoms in total. The SMILES string of the molecule is c1ccn2c(CCNCC3CCC3)nnc2c1. The molecular weight excluding hydrogens is 212 g/mol. The molecule has 1 aliphatic rings. The van der Waals surface area contributed by atoms with Gasteiger partial charge >= 0.3 is 0 Å². The Labute approximate surface area is 101 Å². The molecule has 3 rings (SSSR count). The molecule has 90 valence electrons. The summed E-state index contributed by atoms with van der Waals surface area (Å²) in [6.07, 6.45) is 7.19. The molecule has 2 heterocycles. The summed E-state index contributed by atoms with van der Waals surface area (Å²) in [5.41, 5.74) is 0.932. The highest BCUT2D eigenvalue weighted by atomic mass is 15.2. The van der Waals surface area contributed by atoms with Crippen molar-refractivity contribution in [3.8, 4) is 0 Å². The standard InChI is InChI=1S/C13H18N4/c1-2-9-17-12(6-1)15-16-13(17)7-8-14-10-11-4-3-5-11/h1-2,6,9,11,14H,3-5,7-8,10H2. The van der Waals surface area contributed by atoms with Gasteiger partial charge < -0.3 is 5.32 Å². The zero-order valence-corrected chi connectivity index (χ0v) is 9.97. The van der Waals surface area contributed by atoms with Crippen LogP contribution < -0.4 is 5.32 Å². The van der Waals surface area contributed by atoms with Crippen LogP contribution in [0.15, 0.2) is 24.4 Å². The minimum Gasteiger partial charge on any atom is -0.316 e. The highest BCUT2D eigenvalue weighted by Gasteiger charge is 2.16. The van der Waals surface area contributed by atoms with E-state index in [1.165, 1.54) is 19.3 Å². The lowest BCUT2D eigenvalue weighted by atomic mass is 9.85. The number of rotatable bonds is 5. The fraction of sp³-hybridized carbons (Fsp3) is 0.538. The maximum Gasteiger partial charge on any atom is 0.160 e. The van der Waals surface area contributed by atoms with Gasteiger partial charge in [-0.05, 0) is 37.4 Å². The Bertz CT molecular complexity index is 487.